The van der Waals surface area contributed by atoms with E-state index in [9.17, 15) is 14.4 Å². The largest absolute Gasteiger partial charge is 0.450 e. The fraction of sp³-hybridized carbons (Fsp3) is 0.812. The van der Waals surface area contributed by atoms with Gasteiger partial charge in [0.25, 0.3) is 0 Å². The van der Waals surface area contributed by atoms with Crippen LogP contribution in [0.2, 0.25) is 0 Å². The second-order valence-corrected chi connectivity index (χ2v) is 6.95. The number of hydrogen-bond donors (Lipinski definition) is 2. The van der Waals surface area contributed by atoms with Crippen LogP contribution >= 0.6 is 0 Å². The Balaban J connectivity index is 2.74. The number of carbonyl (C=O) groups is 3. The smallest absolute Gasteiger partial charge is 0.411 e. The van der Waals surface area contributed by atoms with Crippen LogP contribution in [0.1, 0.15) is 53.4 Å². The number of piperidine rings is 1. The van der Waals surface area contributed by atoms with E-state index in [1.807, 2.05) is 6.92 Å². The first-order valence-corrected chi connectivity index (χ1v) is 8.36. The summed E-state index contributed by atoms with van der Waals surface area (Å²) in [6.45, 7) is 7.88. The lowest BCUT2D eigenvalue weighted by Crippen LogP contribution is -2.57. The molecule has 0 saturated carbocycles. The van der Waals surface area contributed by atoms with Crippen molar-refractivity contribution in [1.29, 1.82) is 0 Å². The number of alkyl carbamates (subject to hydrolysis) is 1. The van der Waals surface area contributed by atoms with Crippen LogP contribution in [-0.2, 0) is 14.3 Å². The van der Waals surface area contributed by atoms with Gasteiger partial charge in [0.1, 0.15) is 11.8 Å². The van der Waals surface area contributed by atoms with Gasteiger partial charge in [0.2, 0.25) is 5.91 Å². The maximum Gasteiger partial charge on any atom is 0.411 e. The second-order valence-electron chi connectivity index (χ2n) is 6.95. The van der Waals surface area contributed by atoms with E-state index in [1.54, 1.807) is 20.8 Å². The van der Waals surface area contributed by atoms with Gasteiger partial charge in [0, 0.05) is 12.5 Å². The summed E-state index contributed by atoms with van der Waals surface area (Å²) in [7, 11) is 0. The highest BCUT2D eigenvalue weighted by Gasteiger charge is 2.37. The normalized spacial score (nSPS) is 21.1. The minimum Gasteiger partial charge on any atom is -0.450 e. The summed E-state index contributed by atoms with van der Waals surface area (Å²) in [6, 6.07) is 0. The molecular formula is C16H29N3O5. The Labute approximate surface area is 143 Å². The summed E-state index contributed by atoms with van der Waals surface area (Å²) < 4.78 is 10.4. The van der Waals surface area contributed by atoms with Crippen molar-refractivity contribution < 1.29 is 23.9 Å². The summed E-state index contributed by atoms with van der Waals surface area (Å²) in [5, 5.41) is 2.64. The SMILES string of the molecule is CCCCOC(=O)NC1CC(C(N)=O)CCN1C(=O)OC(C)(C)C. The summed E-state index contributed by atoms with van der Waals surface area (Å²) >= 11 is 0. The van der Waals surface area contributed by atoms with Crippen LogP contribution < -0.4 is 11.1 Å². The van der Waals surface area contributed by atoms with E-state index in [4.69, 9.17) is 15.2 Å². The molecule has 0 spiro atoms. The molecule has 3 N–H and O–H groups in total. The molecule has 0 aromatic carbocycles. The number of carbonyl (C=O) groups excluding carboxylic acids is 3. The lowest BCUT2D eigenvalue weighted by molar-refractivity contribution is -0.124. The van der Waals surface area contributed by atoms with E-state index in [-0.39, 0.29) is 13.0 Å². The predicted molar refractivity (Wildman–Crippen MR) is 88.0 cm³/mol. The maximum atomic E-state index is 12.3. The quantitative estimate of drug-likeness (QED) is 0.741. The average molecular weight is 343 g/mol. The molecule has 2 unspecified atom stereocenters. The van der Waals surface area contributed by atoms with Crippen LogP contribution in [0.25, 0.3) is 0 Å². The molecule has 0 radical (unpaired) electrons. The number of likely N-dealkylation sites (tertiary alicyclic amines) is 1. The van der Waals surface area contributed by atoms with Gasteiger partial charge in [-0.2, -0.15) is 0 Å². The predicted octanol–water partition coefficient (Wildman–Crippen LogP) is 1.97. The van der Waals surface area contributed by atoms with E-state index in [0.717, 1.165) is 12.8 Å². The molecule has 3 amide bonds. The molecule has 0 aromatic rings. The Morgan fingerprint density at radius 1 is 1.29 bits per heavy atom. The van der Waals surface area contributed by atoms with Gasteiger partial charge in [-0.15, -0.1) is 0 Å². The Kier molecular flexibility index (Phi) is 7.31. The third-order valence-corrected chi connectivity index (χ3v) is 3.65. The zero-order valence-corrected chi connectivity index (χ0v) is 15.0. The van der Waals surface area contributed by atoms with Crippen molar-refractivity contribution in [3.8, 4) is 0 Å². The number of rotatable bonds is 5. The molecule has 1 heterocycles. The van der Waals surface area contributed by atoms with Gasteiger partial charge in [0.05, 0.1) is 6.61 Å². The van der Waals surface area contributed by atoms with Crippen molar-refractivity contribution in [2.75, 3.05) is 13.2 Å². The Hall–Kier alpha value is -1.99. The second kappa shape index (κ2) is 8.75. The average Bonchev–Trinajstić information content (AvgIpc) is 2.45. The summed E-state index contributed by atoms with van der Waals surface area (Å²) in [5.41, 5.74) is 4.72. The monoisotopic (exact) mass is 343 g/mol. The van der Waals surface area contributed by atoms with Crippen molar-refractivity contribution in [3.63, 3.8) is 0 Å². The van der Waals surface area contributed by atoms with Gasteiger partial charge < -0.3 is 20.5 Å². The highest BCUT2D eigenvalue weighted by molar-refractivity contribution is 5.78. The van der Waals surface area contributed by atoms with Gasteiger partial charge in [-0.25, -0.2) is 9.59 Å². The highest BCUT2D eigenvalue weighted by Crippen LogP contribution is 2.23. The van der Waals surface area contributed by atoms with Crippen molar-refractivity contribution >= 4 is 18.1 Å². The topological polar surface area (TPSA) is 111 Å². The third kappa shape index (κ3) is 6.64. The number of primary amides is 1. The fourth-order valence-corrected chi connectivity index (χ4v) is 2.39. The van der Waals surface area contributed by atoms with Crippen LogP contribution in [0.5, 0.6) is 0 Å². The molecule has 0 bridgehead atoms. The summed E-state index contributed by atoms with van der Waals surface area (Å²) in [5.74, 6) is -0.838. The molecule has 24 heavy (non-hydrogen) atoms. The Morgan fingerprint density at radius 3 is 2.50 bits per heavy atom. The molecule has 138 valence electrons. The maximum absolute atomic E-state index is 12.3. The molecule has 1 aliphatic heterocycles. The number of amides is 3. The highest BCUT2D eigenvalue weighted by atomic mass is 16.6. The van der Waals surface area contributed by atoms with Gasteiger partial charge in [0.15, 0.2) is 0 Å². The van der Waals surface area contributed by atoms with Crippen molar-refractivity contribution in [2.24, 2.45) is 11.7 Å². The fourth-order valence-electron chi connectivity index (χ4n) is 2.39. The first kappa shape index (κ1) is 20.1. The molecule has 0 aromatic heterocycles. The van der Waals surface area contributed by atoms with Gasteiger partial charge in [-0.1, -0.05) is 13.3 Å². The lowest BCUT2D eigenvalue weighted by Gasteiger charge is -2.39. The zero-order chi connectivity index (χ0) is 18.3. The van der Waals surface area contributed by atoms with E-state index in [2.05, 4.69) is 5.32 Å². The van der Waals surface area contributed by atoms with E-state index in [0.29, 0.717) is 13.0 Å². The van der Waals surface area contributed by atoms with Gasteiger partial charge in [-0.3, -0.25) is 9.69 Å². The Bertz CT molecular complexity index is 461. The zero-order valence-electron chi connectivity index (χ0n) is 15.0. The number of hydrogen-bond acceptors (Lipinski definition) is 5. The molecule has 2 atom stereocenters. The number of nitrogens with one attached hydrogen (secondary N) is 1. The van der Waals surface area contributed by atoms with Crippen LogP contribution in [-0.4, -0.2) is 47.9 Å². The molecule has 1 aliphatic rings. The molecule has 0 aliphatic carbocycles. The minimum atomic E-state index is -0.680. The van der Waals surface area contributed by atoms with E-state index in [1.165, 1.54) is 4.90 Å². The van der Waals surface area contributed by atoms with E-state index >= 15 is 0 Å². The van der Waals surface area contributed by atoms with Crippen molar-refractivity contribution in [1.82, 2.24) is 10.2 Å². The third-order valence-electron chi connectivity index (χ3n) is 3.65. The molecule has 1 rings (SSSR count). The first-order chi connectivity index (χ1) is 11.1. The minimum absolute atomic E-state index is 0.247. The standard InChI is InChI=1S/C16H29N3O5/c1-5-6-9-23-14(21)18-12-10-11(13(17)20)7-8-19(12)15(22)24-16(2,3)4/h11-12H,5-10H2,1-4H3,(H2,17,20)(H,18,21). The van der Waals surface area contributed by atoms with Crippen LogP contribution in [0.15, 0.2) is 0 Å². The molecule has 1 saturated heterocycles. The number of nitrogens with two attached hydrogens (primary N) is 1. The van der Waals surface area contributed by atoms with Crippen molar-refractivity contribution in [2.45, 2.75) is 65.1 Å². The number of ether oxygens (including phenoxy) is 2. The molecule has 1 fully saturated rings. The summed E-state index contributed by atoms with van der Waals surface area (Å²) in [6.07, 6.45) is 0.522. The number of unbranched alkanes of at least 4 members (excludes halogenated alkanes) is 1. The lowest BCUT2D eigenvalue weighted by atomic mass is 9.94. The van der Waals surface area contributed by atoms with Gasteiger partial charge in [-0.05, 0) is 40.0 Å². The van der Waals surface area contributed by atoms with E-state index < -0.39 is 35.8 Å². The molecule has 8 nitrogen and oxygen atoms in total. The molecule has 8 heteroatoms. The summed E-state index contributed by atoms with van der Waals surface area (Å²) in [4.78, 5) is 37.1. The first-order valence-electron chi connectivity index (χ1n) is 8.36. The Morgan fingerprint density at radius 2 is 1.96 bits per heavy atom. The number of nitrogens with zero attached hydrogens (tertiary/aromatic N) is 1. The van der Waals surface area contributed by atoms with Gasteiger partial charge >= 0.3 is 12.2 Å². The van der Waals surface area contributed by atoms with Crippen LogP contribution in [0, 0.1) is 5.92 Å². The van der Waals surface area contributed by atoms with Crippen LogP contribution in [0.4, 0.5) is 9.59 Å². The van der Waals surface area contributed by atoms with Crippen molar-refractivity contribution in [3.05, 3.63) is 0 Å². The molecular weight excluding hydrogens is 314 g/mol. The van der Waals surface area contributed by atoms with Crippen LogP contribution in [0.3, 0.4) is 0 Å².